The summed E-state index contributed by atoms with van der Waals surface area (Å²) >= 11 is 0. The van der Waals surface area contributed by atoms with Crippen molar-refractivity contribution in [1.29, 1.82) is 0 Å². The first kappa shape index (κ1) is 18.7. The second-order valence-corrected chi connectivity index (χ2v) is 8.25. The first-order valence-corrected chi connectivity index (χ1v) is 10.3. The molecule has 3 aromatic heterocycles. The molecular formula is C19H14FN5O3S. The Labute approximate surface area is 164 Å². The fourth-order valence-electron chi connectivity index (χ4n) is 2.76. The van der Waals surface area contributed by atoms with Crippen LogP contribution in [0.15, 0.2) is 76.9 Å². The van der Waals surface area contributed by atoms with Gasteiger partial charge in [-0.05, 0) is 30.3 Å². The number of aromatic nitrogens is 5. The number of benzene rings is 1. The number of rotatable bonds is 4. The maximum atomic E-state index is 13.6. The van der Waals surface area contributed by atoms with Gasteiger partial charge < -0.3 is 0 Å². The zero-order valence-corrected chi connectivity index (χ0v) is 15.9. The molecule has 0 N–H and O–H groups in total. The molecule has 0 aliphatic carbocycles. The highest BCUT2D eigenvalue weighted by Crippen LogP contribution is 2.19. The van der Waals surface area contributed by atoms with E-state index in [9.17, 15) is 17.6 Å². The van der Waals surface area contributed by atoms with Gasteiger partial charge in [-0.25, -0.2) is 22.2 Å². The van der Waals surface area contributed by atoms with E-state index in [-0.39, 0.29) is 16.0 Å². The molecule has 1 aromatic carbocycles. The third kappa shape index (κ3) is 3.69. The van der Waals surface area contributed by atoms with Crippen molar-refractivity contribution < 1.29 is 12.8 Å². The second-order valence-electron chi connectivity index (χ2n) is 6.23. The topological polar surface area (TPSA) is 99.7 Å². The van der Waals surface area contributed by atoms with Crippen LogP contribution < -0.4 is 5.43 Å². The van der Waals surface area contributed by atoms with Gasteiger partial charge >= 0.3 is 0 Å². The van der Waals surface area contributed by atoms with E-state index in [1.165, 1.54) is 64.5 Å². The van der Waals surface area contributed by atoms with Crippen LogP contribution in [0, 0.1) is 5.82 Å². The van der Waals surface area contributed by atoms with Crippen molar-refractivity contribution in [2.24, 2.45) is 0 Å². The molecule has 0 spiro atoms. The van der Waals surface area contributed by atoms with Gasteiger partial charge in [0.25, 0.3) is 0 Å². The van der Waals surface area contributed by atoms with Crippen LogP contribution in [0.3, 0.4) is 0 Å². The van der Waals surface area contributed by atoms with Gasteiger partial charge in [0.05, 0.1) is 34.4 Å². The van der Waals surface area contributed by atoms with Crippen LogP contribution in [-0.4, -0.2) is 39.2 Å². The second kappa shape index (κ2) is 7.06. The molecule has 0 saturated heterocycles. The fraction of sp³-hybridized carbons (Fsp3) is 0.0526. The van der Waals surface area contributed by atoms with Crippen molar-refractivity contribution >= 4 is 9.84 Å². The average Bonchev–Trinajstić information content (AvgIpc) is 3.17. The average molecular weight is 411 g/mol. The number of hydrogen-bond donors (Lipinski definition) is 0. The maximum Gasteiger partial charge on any atom is 0.209 e. The number of nitrogens with zero attached hydrogens (tertiary/aromatic N) is 5. The van der Waals surface area contributed by atoms with Gasteiger partial charge in [-0.15, -0.1) is 0 Å². The summed E-state index contributed by atoms with van der Waals surface area (Å²) in [5, 5.41) is 8.50. The summed E-state index contributed by atoms with van der Waals surface area (Å²) in [6.45, 7) is 0. The maximum absolute atomic E-state index is 13.6. The van der Waals surface area contributed by atoms with Gasteiger partial charge in [0.15, 0.2) is 15.5 Å². The van der Waals surface area contributed by atoms with E-state index in [0.717, 1.165) is 6.26 Å². The molecule has 0 saturated carbocycles. The Balaban J connectivity index is 1.85. The Morgan fingerprint density at radius 1 is 1.03 bits per heavy atom. The Morgan fingerprint density at radius 2 is 1.86 bits per heavy atom. The van der Waals surface area contributed by atoms with Crippen LogP contribution in [0.2, 0.25) is 0 Å². The minimum atomic E-state index is -3.46. The molecule has 4 aromatic rings. The fourth-order valence-corrected chi connectivity index (χ4v) is 3.35. The molecule has 0 fully saturated rings. The molecule has 29 heavy (non-hydrogen) atoms. The molecule has 0 amide bonds. The van der Waals surface area contributed by atoms with Crippen molar-refractivity contribution in [2.75, 3.05) is 6.26 Å². The smallest absolute Gasteiger partial charge is 0.209 e. The Kier molecular flexibility index (Phi) is 4.55. The standard InChI is InChI=1S/C19H14FN5O3S/c1-29(27,28)16-10-15(11-21-12-16)24-8-6-18(26)19(23-24)17-5-7-22-25(17)14-4-2-3-13(20)9-14/h2-12H,1H3. The Morgan fingerprint density at radius 3 is 2.62 bits per heavy atom. The number of halogens is 1. The summed E-state index contributed by atoms with van der Waals surface area (Å²) in [4.78, 5) is 16.4. The summed E-state index contributed by atoms with van der Waals surface area (Å²) in [6.07, 6.45) is 6.64. The molecule has 0 atom stereocenters. The molecule has 10 heteroatoms. The molecule has 0 aliphatic rings. The number of pyridine rings is 1. The van der Waals surface area contributed by atoms with E-state index in [4.69, 9.17) is 0 Å². The Hall–Kier alpha value is -3.66. The van der Waals surface area contributed by atoms with E-state index >= 15 is 0 Å². The van der Waals surface area contributed by atoms with Crippen LogP contribution in [0.4, 0.5) is 4.39 Å². The zero-order valence-electron chi connectivity index (χ0n) is 15.1. The van der Waals surface area contributed by atoms with Gasteiger partial charge in [-0.1, -0.05) is 6.07 Å². The summed E-state index contributed by atoms with van der Waals surface area (Å²) in [7, 11) is -3.46. The number of sulfone groups is 1. The van der Waals surface area contributed by atoms with Crippen molar-refractivity contribution in [3.8, 4) is 22.8 Å². The predicted molar refractivity (Wildman–Crippen MR) is 103 cm³/mol. The predicted octanol–water partition coefficient (Wildman–Crippen LogP) is 2.02. The normalized spacial score (nSPS) is 11.5. The third-order valence-corrected chi connectivity index (χ3v) is 5.22. The molecule has 3 heterocycles. The van der Waals surface area contributed by atoms with Crippen molar-refractivity contribution in [2.45, 2.75) is 4.90 Å². The van der Waals surface area contributed by atoms with Gasteiger partial charge in [-0.2, -0.15) is 10.2 Å². The SMILES string of the molecule is CS(=O)(=O)c1cncc(-n2ccc(=O)c(-c3ccnn3-c3cccc(F)c3)n2)c1. The van der Waals surface area contributed by atoms with Crippen LogP contribution in [0.25, 0.3) is 22.8 Å². The highest BCUT2D eigenvalue weighted by atomic mass is 32.2. The molecule has 0 radical (unpaired) electrons. The lowest BCUT2D eigenvalue weighted by molar-refractivity contribution is 0.601. The molecule has 4 rings (SSSR count). The molecule has 146 valence electrons. The molecular weight excluding hydrogens is 397 g/mol. The minimum absolute atomic E-state index is 0.0295. The van der Waals surface area contributed by atoms with Crippen LogP contribution in [0.1, 0.15) is 0 Å². The quantitative estimate of drug-likeness (QED) is 0.509. The van der Waals surface area contributed by atoms with E-state index in [2.05, 4.69) is 15.2 Å². The van der Waals surface area contributed by atoms with Gasteiger partial charge in [0.1, 0.15) is 5.82 Å². The zero-order chi connectivity index (χ0) is 20.6. The van der Waals surface area contributed by atoms with Crippen molar-refractivity contribution in [3.05, 3.63) is 83.3 Å². The van der Waals surface area contributed by atoms with E-state index in [1.807, 2.05) is 0 Å². The molecule has 0 unspecified atom stereocenters. The lowest BCUT2D eigenvalue weighted by Gasteiger charge is -2.10. The Bertz CT molecular complexity index is 1380. The van der Waals surface area contributed by atoms with E-state index < -0.39 is 15.7 Å². The van der Waals surface area contributed by atoms with Crippen LogP contribution >= 0.6 is 0 Å². The highest BCUT2D eigenvalue weighted by molar-refractivity contribution is 7.90. The van der Waals surface area contributed by atoms with Gasteiger partial charge in [0, 0.05) is 24.7 Å². The summed E-state index contributed by atoms with van der Waals surface area (Å²) in [5.74, 6) is -0.439. The van der Waals surface area contributed by atoms with Gasteiger partial charge in [-0.3, -0.25) is 9.78 Å². The monoisotopic (exact) mass is 411 g/mol. The van der Waals surface area contributed by atoms with Crippen LogP contribution in [-0.2, 0) is 9.84 Å². The van der Waals surface area contributed by atoms with Crippen molar-refractivity contribution in [3.63, 3.8) is 0 Å². The third-order valence-electron chi connectivity index (χ3n) is 4.14. The lowest BCUT2D eigenvalue weighted by atomic mass is 10.2. The summed E-state index contributed by atoms with van der Waals surface area (Å²) in [6, 6.07) is 10.1. The number of hydrogen-bond acceptors (Lipinski definition) is 6. The highest BCUT2D eigenvalue weighted by Gasteiger charge is 2.15. The largest absolute Gasteiger partial charge is 0.287 e. The minimum Gasteiger partial charge on any atom is -0.287 e. The lowest BCUT2D eigenvalue weighted by Crippen LogP contribution is -2.15. The first-order chi connectivity index (χ1) is 13.8. The van der Waals surface area contributed by atoms with E-state index in [0.29, 0.717) is 17.1 Å². The van der Waals surface area contributed by atoms with Gasteiger partial charge in [0.2, 0.25) is 5.43 Å². The molecule has 0 bridgehead atoms. The summed E-state index contributed by atoms with van der Waals surface area (Å²) in [5.41, 5.74) is 0.862. The molecule has 0 aliphatic heterocycles. The molecule has 8 nitrogen and oxygen atoms in total. The summed E-state index contributed by atoms with van der Waals surface area (Å²) < 4.78 is 39.9. The van der Waals surface area contributed by atoms with E-state index in [1.54, 1.807) is 12.1 Å². The van der Waals surface area contributed by atoms with Crippen LogP contribution in [0.5, 0.6) is 0 Å². The first-order valence-electron chi connectivity index (χ1n) is 8.39. The van der Waals surface area contributed by atoms with Crippen molar-refractivity contribution in [1.82, 2.24) is 24.5 Å².